The number of hydrogen-bond acceptors (Lipinski definition) is 1. The van der Waals surface area contributed by atoms with Crippen molar-refractivity contribution in [2.75, 3.05) is 0 Å². The smallest absolute Gasteiger partial charge is 0.249 e. The summed E-state index contributed by atoms with van der Waals surface area (Å²) in [6.07, 6.45) is 2.59. The van der Waals surface area contributed by atoms with Crippen molar-refractivity contribution in [3.8, 4) is 0 Å². The van der Waals surface area contributed by atoms with Crippen molar-refractivity contribution in [3.63, 3.8) is 0 Å². The molecule has 3 nitrogen and oxygen atoms in total. The van der Waals surface area contributed by atoms with E-state index < -0.39 is 0 Å². The number of nitrogens with two attached hydrogens (primary N) is 1. The highest BCUT2D eigenvalue weighted by Gasteiger charge is 2.25. The van der Waals surface area contributed by atoms with E-state index >= 15 is 0 Å². The Morgan fingerprint density at radius 2 is 2.13 bits per heavy atom. The number of benzene rings is 2. The van der Waals surface area contributed by atoms with Gasteiger partial charge in [-0.25, -0.2) is 0 Å². The van der Waals surface area contributed by atoms with E-state index in [0.717, 1.165) is 28.8 Å². The maximum absolute atomic E-state index is 11.9. The number of primary amides is 1. The molecule has 1 fully saturated rings. The van der Waals surface area contributed by atoms with Crippen molar-refractivity contribution in [2.24, 2.45) is 11.7 Å². The van der Waals surface area contributed by atoms with Crippen LogP contribution in [0.2, 0.25) is 0 Å². The molecule has 23 heavy (non-hydrogen) atoms. The summed E-state index contributed by atoms with van der Waals surface area (Å²) in [6.45, 7) is 5.40. The van der Waals surface area contributed by atoms with Crippen molar-refractivity contribution in [3.05, 3.63) is 47.5 Å². The van der Waals surface area contributed by atoms with Crippen molar-refractivity contribution in [1.82, 2.24) is 4.57 Å². The molecule has 2 aromatic carbocycles. The molecule has 1 aromatic heterocycles. The second-order valence-electron chi connectivity index (χ2n) is 6.97. The third-order valence-corrected chi connectivity index (χ3v) is 4.89. The fourth-order valence-electron chi connectivity index (χ4n) is 3.37. The third kappa shape index (κ3) is 2.31. The minimum atomic E-state index is -0.373. The van der Waals surface area contributed by atoms with E-state index in [1.54, 1.807) is 0 Å². The number of hydrogen-bond donors (Lipinski definition) is 1. The van der Waals surface area contributed by atoms with E-state index in [4.69, 9.17) is 5.73 Å². The summed E-state index contributed by atoms with van der Waals surface area (Å²) in [7, 11) is 0. The molecule has 1 aliphatic carbocycles. The zero-order valence-electron chi connectivity index (χ0n) is 13.6. The molecule has 3 aromatic rings. The number of nitrogens with zero attached hydrogens (tertiary/aromatic N) is 1. The lowest BCUT2D eigenvalue weighted by Gasteiger charge is -2.09. The van der Waals surface area contributed by atoms with Gasteiger partial charge in [-0.05, 0) is 54.5 Å². The Morgan fingerprint density at radius 3 is 2.78 bits per heavy atom. The minimum Gasteiger partial charge on any atom is -0.366 e. The monoisotopic (exact) mass is 305 g/mol. The average Bonchev–Trinajstić information content (AvgIpc) is 3.30. The Balaban J connectivity index is 2.09. The molecule has 0 spiro atoms. The Hall–Kier alpha value is -2.29. The van der Waals surface area contributed by atoms with Crippen LogP contribution in [0, 0.1) is 12.0 Å². The summed E-state index contributed by atoms with van der Waals surface area (Å²) < 4.78 is 2.36. The average molecular weight is 305 g/mol. The van der Waals surface area contributed by atoms with Gasteiger partial charge in [0.05, 0.1) is 5.52 Å². The van der Waals surface area contributed by atoms with Gasteiger partial charge in [-0.1, -0.05) is 26.0 Å². The zero-order valence-corrected chi connectivity index (χ0v) is 13.6. The van der Waals surface area contributed by atoms with Crippen molar-refractivity contribution in [1.29, 1.82) is 0 Å². The molecule has 0 unspecified atom stereocenters. The second-order valence-corrected chi connectivity index (χ2v) is 6.97. The Labute approximate surface area is 136 Å². The van der Waals surface area contributed by atoms with Gasteiger partial charge in [0.1, 0.15) is 0 Å². The van der Waals surface area contributed by atoms with Crippen LogP contribution in [0.15, 0.2) is 30.3 Å². The van der Waals surface area contributed by atoms with Crippen molar-refractivity contribution < 1.29 is 4.79 Å². The first-order valence-electron chi connectivity index (χ1n) is 8.32. The van der Waals surface area contributed by atoms with Crippen LogP contribution in [0.5, 0.6) is 0 Å². The summed E-state index contributed by atoms with van der Waals surface area (Å²) in [4.78, 5) is 11.9. The van der Waals surface area contributed by atoms with E-state index in [1.807, 2.05) is 18.2 Å². The van der Waals surface area contributed by atoms with Crippen LogP contribution in [0.25, 0.3) is 21.8 Å². The van der Waals surface area contributed by atoms with Gasteiger partial charge in [-0.15, -0.1) is 0 Å². The fourth-order valence-corrected chi connectivity index (χ4v) is 3.37. The molecular weight excluding hydrogens is 284 g/mol. The van der Waals surface area contributed by atoms with E-state index in [2.05, 4.69) is 36.6 Å². The lowest BCUT2D eigenvalue weighted by atomic mass is 10.00. The number of amides is 1. The first kappa shape index (κ1) is 14.3. The predicted molar refractivity (Wildman–Crippen MR) is 93.6 cm³/mol. The van der Waals surface area contributed by atoms with Gasteiger partial charge in [0.25, 0.3) is 0 Å². The maximum Gasteiger partial charge on any atom is 0.249 e. The predicted octanol–water partition coefficient (Wildman–Crippen LogP) is 4.23. The summed E-state index contributed by atoms with van der Waals surface area (Å²) >= 11 is 0. The normalized spacial score (nSPS) is 14.9. The molecule has 0 aliphatic heterocycles. The van der Waals surface area contributed by atoms with Gasteiger partial charge in [-0.3, -0.25) is 4.79 Å². The maximum atomic E-state index is 11.9. The second kappa shape index (κ2) is 5.12. The molecule has 0 saturated heterocycles. The summed E-state index contributed by atoms with van der Waals surface area (Å²) in [5.41, 5.74) is 9.75. The lowest BCUT2D eigenvalue weighted by Crippen LogP contribution is -2.11. The highest BCUT2D eigenvalue weighted by atomic mass is 16.1. The standard InChI is InChI=1S/C20H21N2O/c1-12(2)14-8-9-15-18(10-14)22(11-13-6-7-13)17-5-3-4-16(19(15)17)20(21)23/h3-5,8,10,12-13H,6-7,11H2,1-2H3,(H2,21,23). The molecule has 1 radical (unpaired) electrons. The van der Waals surface area contributed by atoms with Crippen LogP contribution in [-0.4, -0.2) is 10.5 Å². The van der Waals surface area contributed by atoms with Crippen molar-refractivity contribution in [2.45, 2.75) is 39.2 Å². The van der Waals surface area contributed by atoms with Gasteiger partial charge in [0.2, 0.25) is 5.91 Å². The van der Waals surface area contributed by atoms with Crippen LogP contribution in [0.3, 0.4) is 0 Å². The molecule has 1 saturated carbocycles. The lowest BCUT2D eigenvalue weighted by molar-refractivity contribution is 0.100. The Morgan fingerprint density at radius 1 is 1.35 bits per heavy atom. The molecule has 117 valence electrons. The van der Waals surface area contributed by atoms with Gasteiger partial charge in [-0.2, -0.15) is 0 Å². The largest absolute Gasteiger partial charge is 0.366 e. The number of carbonyl (C=O) groups excluding carboxylic acids is 1. The van der Waals surface area contributed by atoms with Crippen LogP contribution in [0.1, 0.15) is 48.5 Å². The first-order valence-corrected chi connectivity index (χ1v) is 8.32. The molecule has 1 aliphatic rings. The number of fused-ring (bicyclic) bond motifs is 3. The molecule has 1 amide bonds. The van der Waals surface area contributed by atoms with Gasteiger partial charge in [0.15, 0.2) is 0 Å². The Kier molecular flexibility index (Phi) is 3.19. The summed E-state index contributed by atoms with van der Waals surface area (Å²) in [5.74, 6) is 0.842. The van der Waals surface area contributed by atoms with Gasteiger partial charge >= 0.3 is 0 Å². The quantitative estimate of drug-likeness (QED) is 0.770. The number of aromatic nitrogens is 1. The topological polar surface area (TPSA) is 48.0 Å². The number of carbonyl (C=O) groups is 1. The SMILES string of the molecule is CC(C)c1c[c]c2c3c(C(N)=O)cccc3n(CC3CC3)c2c1. The summed E-state index contributed by atoms with van der Waals surface area (Å²) in [6, 6.07) is 13.6. The molecule has 3 heteroatoms. The fraction of sp³-hybridized carbons (Fsp3) is 0.350. The van der Waals surface area contributed by atoms with Crippen LogP contribution < -0.4 is 5.73 Å². The first-order chi connectivity index (χ1) is 11.1. The molecule has 0 bridgehead atoms. The molecule has 4 rings (SSSR count). The summed E-state index contributed by atoms with van der Waals surface area (Å²) in [5, 5.41) is 1.96. The van der Waals surface area contributed by atoms with Gasteiger partial charge < -0.3 is 10.3 Å². The third-order valence-electron chi connectivity index (χ3n) is 4.89. The van der Waals surface area contributed by atoms with Crippen LogP contribution >= 0.6 is 0 Å². The Bertz CT molecular complexity index is 916. The highest BCUT2D eigenvalue weighted by molar-refractivity contribution is 6.17. The highest BCUT2D eigenvalue weighted by Crippen LogP contribution is 2.37. The van der Waals surface area contributed by atoms with Crippen LogP contribution in [-0.2, 0) is 6.54 Å². The van der Waals surface area contributed by atoms with Crippen molar-refractivity contribution >= 4 is 27.7 Å². The molecule has 0 atom stereocenters. The van der Waals surface area contributed by atoms with E-state index in [9.17, 15) is 4.79 Å². The molecular formula is C20H21N2O. The van der Waals surface area contributed by atoms with Crippen LogP contribution in [0.4, 0.5) is 0 Å². The molecule has 1 heterocycles. The molecule has 2 N–H and O–H groups in total. The number of rotatable bonds is 4. The minimum absolute atomic E-state index is 0.373. The van der Waals surface area contributed by atoms with E-state index in [-0.39, 0.29) is 5.91 Å². The van der Waals surface area contributed by atoms with E-state index in [0.29, 0.717) is 11.5 Å². The van der Waals surface area contributed by atoms with E-state index in [1.165, 1.54) is 23.9 Å². The zero-order chi connectivity index (χ0) is 16.1. The van der Waals surface area contributed by atoms with Gasteiger partial charge in [0, 0.05) is 28.4 Å².